The zero-order valence-electron chi connectivity index (χ0n) is 50.3. The van der Waals surface area contributed by atoms with Crippen molar-refractivity contribution in [1.29, 1.82) is 0 Å². The van der Waals surface area contributed by atoms with Crippen molar-refractivity contribution in [2.45, 2.75) is 245 Å². The summed E-state index contributed by atoms with van der Waals surface area (Å²) < 4.78 is 16.8. The van der Waals surface area contributed by atoms with Crippen molar-refractivity contribution in [3.63, 3.8) is 0 Å². The molecule has 0 radical (unpaired) electrons. The second kappa shape index (κ2) is 65.0. The Labute approximate surface area is 484 Å². The first-order chi connectivity index (χ1) is 39.0. The van der Waals surface area contributed by atoms with Crippen molar-refractivity contribution < 1.29 is 28.6 Å². The summed E-state index contributed by atoms with van der Waals surface area (Å²) >= 11 is 0. The van der Waals surface area contributed by atoms with Crippen LogP contribution in [0.3, 0.4) is 0 Å². The van der Waals surface area contributed by atoms with E-state index in [2.05, 4.69) is 191 Å². The lowest BCUT2D eigenvalue weighted by atomic mass is 10.1. The van der Waals surface area contributed by atoms with Crippen molar-refractivity contribution in [2.24, 2.45) is 0 Å². The quantitative estimate of drug-likeness (QED) is 0.0261. The molecule has 0 N–H and O–H groups in total. The molecule has 1 atom stereocenters. The molecule has 0 aromatic carbocycles. The average molecular weight is 1090 g/mol. The van der Waals surface area contributed by atoms with E-state index in [0.29, 0.717) is 19.3 Å². The molecule has 1 unspecified atom stereocenters. The molecule has 6 nitrogen and oxygen atoms in total. The van der Waals surface area contributed by atoms with Crippen LogP contribution in [-0.2, 0) is 28.6 Å². The summed E-state index contributed by atoms with van der Waals surface area (Å²) in [5.41, 5.74) is 0. The molecule has 0 heterocycles. The normalized spacial score (nSPS) is 13.4. The van der Waals surface area contributed by atoms with Crippen LogP contribution in [0.5, 0.6) is 0 Å². The molecule has 6 heteroatoms. The van der Waals surface area contributed by atoms with Gasteiger partial charge < -0.3 is 14.2 Å². The summed E-state index contributed by atoms with van der Waals surface area (Å²) in [5, 5.41) is 0. The van der Waals surface area contributed by atoms with Crippen LogP contribution in [0.2, 0.25) is 0 Å². The number of hydrogen-bond acceptors (Lipinski definition) is 6. The molecule has 0 saturated heterocycles. The number of ether oxygens (including phenoxy) is 3. The summed E-state index contributed by atoms with van der Waals surface area (Å²) in [7, 11) is 0. The molecular formula is C73H112O6. The van der Waals surface area contributed by atoms with E-state index in [9.17, 15) is 14.4 Å². The molecule has 0 aliphatic heterocycles. The summed E-state index contributed by atoms with van der Waals surface area (Å²) in [4.78, 5) is 38.2. The van der Waals surface area contributed by atoms with Gasteiger partial charge in [0.2, 0.25) is 0 Å². The fourth-order valence-electron chi connectivity index (χ4n) is 7.86. The first kappa shape index (κ1) is 73.5. The van der Waals surface area contributed by atoms with Gasteiger partial charge in [-0.3, -0.25) is 14.4 Å². The standard InChI is InChI=1S/C73H112O6/c1-4-7-10-13-16-19-22-25-28-29-30-31-32-33-34-35-36-37-38-39-40-41-42-43-46-48-51-54-57-60-63-66-72(75)78-69-70(79-73(76)67-64-61-58-55-52-49-45-27-24-21-18-15-12-9-6-3)68-77-71(74)65-62-59-56-53-50-47-44-26-23-20-17-14-11-8-5-2/h7-12,16-21,25-28,30-31,33-34,36-37,39-40,44-45,52,55,61,64,70H,4-6,13-15,22-24,29,32,35,38,41-43,46-51,53-54,56-60,62-63,65-69H2,1-3H3/b10-7-,11-8-,12-9-,19-16-,20-17-,21-18-,28-25-,31-30-,34-33-,37-36-,40-39-,44-26-,45-27-,55-52-,64-61-. The molecule has 0 rings (SSSR count). The maximum Gasteiger partial charge on any atom is 0.310 e. The Balaban J connectivity index is 4.40. The third kappa shape index (κ3) is 63.2. The van der Waals surface area contributed by atoms with Gasteiger partial charge in [0.1, 0.15) is 13.2 Å². The van der Waals surface area contributed by atoms with Gasteiger partial charge in [0.25, 0.3) is 0 Å². The lowest BCUT2D eigenvalue weighted by Crippen LogP contribution is -2.30. The van der Waals surface area contributed by atoms with Crippen LogP contribution in [0.15, 0.2) is 182 Å². The van der Waals surface area contributed by atoms with E-state index in [1.165, 1.54) is 38.5 Å². The van der Waals surface area contributed by atoms with Gasteiger partial charge in [-0.05, 0) is 135 Å². The molecular weight excluding hydrogens is 973 g/mol. The highest BCUT2D eigenvalue weighted by Crippen LogP contribution is 2.14. The number of allylic oxidation sites excluding steroid dienone is 29. The smallest absolute Gasteiger partial charge is 0.310 e. The highest BCUT2D eigenvalue weighted by Gasteiger charge is 2.19. The van der Waals surface area contributed by atoms with Crippen molar-refractivity contribution in [3.05, 3.63) is 182 Å². The average Bonchev–Trinajstić information content (AvgIpc) is 3.45. The van der Waals surface area contributed by atoms with Gasteiger partial charge in [0.05, 0.1) is 6.42 Å². The van der Waals surface area contributed by atoms with Crippen LogP contribution >= 0.6 is 0 Å². The molecule has 79 heavy (non-hydrogen) atoms. The summed E-state index contributed by atoms with van der Waals surface area (Å²) in [5.74, 6) is -1.10. The SMILES string of the molecule is CC/C=C\C/C=C\C/C=C\C/C=C\C/C=C\C/C=C\C/C=C\CCCCCCCCCCCC(=O)OCC(COC(=O)CCCCCCC/C=C\C/C=C\C/C=C\CC)OC(=O)C/C=C\C/C=C\C/C=C\C/C=C\C/C=C\CC. The maximum absolute atomic E-state index is 12.8. The number of carbonyl (C=O) groups is 3. The number of hydrogen-bond donors (Lipinski definition) is 0. The van der Waals surface area contributed by atoms with Gasteiger partial charge in [0.15, 0.2) is 6.10 Å². The van der Waals surface area contributed by atoms with Crippen molar-refractivity contribution in [2.75, 3.05) is 13.2 Å². The number of unbranched alkanes of at least 4 members (excludes halogenated alkanes) is 14. The van der Waals surface area contributed by atoms with Crippen LogP contribution < -0.4 is 0 Å². The molecule has 0 saturated carbocycles. The molecule has 0 aromatic heterocycles. The zero-order valence-corrected chi connectivity index (χ0v) is 50.3. The van der Waals surface area contributed by atoms with E-state index in [1.54, 1.807) is 6.08 Å². The summed E-state index contributed by atoms with van der Waals surface area (Å²) in [6.45, 7) is 6.18. The van der Waals surface area contributed by atoms with E-state index in [-0.39, 0.29) is 31.6 Å². The minimum absolute atomic E-state index is 0.0827. The van der Waals surface area contributed by atoms with E-state index in [4.69, 9.17) is 14.2 Å². The van der Waals surface area contributed by atoms with Crippen LogP contribution in [0.4, 0.5) is 0 Å². The van der Waals surface area contributed by atoms with Crippen molar-refractivity contribution in [3.8, 4) is 0 Å². The first-order valence-corrected chi connectivity index (χ1v) is 31.3. The summed E-state index contributed by atoms with van der Waals surface area (Å²) in [6.07, 6.45) is 97.8. The zero-order chi connectivity index (χ0) is 57.1. The third-order valence-corrected chi connectivity index (χ3v) is 12.4. The van der Waals surface area contributed by atoms with Crippen molar-refractivity contribution in [1.82, 2.24) is 0 Å². The predicted octanol–water partition coefficient (Wildman–Crippen LogP) is 21.7. The second-order valence-corrected chi connectivity index (χ2v) is 19.8. The number of carbonyl (C=O) groups excluding carboxylic acids is 3. The third-order valence-electron chi connectivity index (χ3n) is 12.4. The molecule has 0 aliphatic rings. The molecule has 0 fully saturated rings. The minimum Gasteiger partial charge on any atom is -0.462 e. The Hall–Kier alpha value is -5.49. The highest BCUT2D eigenvalue weighted by atomic mass is 16.6. The fourth-order valence-corrected chi connectivity index (χ4v) is 7.86. The van der Waals surface area contributed by atoms with E-state index < -0.39 is 12.1 Å². The second-order valence-electron chi connectivity index (χ2n) is 19.8. The summed E-state index contributed by atoms with van der Waals surface area (Å²) in [6, 6.07) is 0. The van der Waals surface area contributed by atoms with Crippen LogP contribution in [0, 0.1) is 0 Å². The van der Waals surface area contributed by atoms with Gasteiger partial charge in [-0.2, -0.15) is 0 Å². The largest absolute Gasteiger partial charge is 0.462 e. The van der Waals surface area contributed by atoms with Crippen LogP contribution in [0.25, 0.3) is 0 Å². The fraction of sp³-hybridized carbons (Fsp3) is 0.548. The Kier molecular flexibility index (Phi) is 60.5. The van der Waals surface area contributed by atoms with Gasteiger partial charge in [-0.25, -0.2) is 0 Å². The van der Waals surface area contributed by atoms with Crippen LogP contribution in [0.1, 0.15) is 239 Å². The minimum atomic E-state index is -0.853. The monoisotopic (exact) mass is 1080 g/mol. The Morgan fingerprint density at radius 2 is 0.494 bits per heavy atom. The molecule has 0 amide bonds. The predicted molar refractivity (Wildman–Crippen MR) is 343 cm³/mol. The molecule has 0 spiro atoms. The maximum atomic E-state index is 12.8. The van der Waals surface area contributed by atoms with Gasteiger partial charge in [-0.15, -0.1) is 0 Å². The topological polar surface area (TPSA) is 78.9 Å². The van der Waals surface area contributed by atoms with Gasteiger partial charge in [0, 0.05) is 12.8 Å². The lowest BCUT2D eigenvalue weighted by Gasteiger charge is -2.18. The van der Waals surface area contributed by atoms with Gasteiger partial charge in [-0.1, -0.05) is 267 Å². The highest BCUT2D eigenvalue weighted by molar-refractivity contribution is 5.72. The van der Waals surface area contributed by atoms with Crippen LogP contribution in [-0.4, -0.2) is 37.2 Å². The molecule has 0 aliphatic carbocycles. The number of esters is 3. The Morgan fingerprint density at radius 1 is 0.266 bits per heavy atom. The molecule has 0 aromatic rings. The Bertz CT molecular complexity index is 1870. The molecule has 440 valence electrons. The molecule has 0 bridgehead atoms. The Morgan fingerprint density at radius 3 is 0.772 bits per heavy atom. The number of rotatable bonds is 54. The first-order valence-electron chi connectivity index (χ1n) is 31.3. The van der Waals surface area contributed by atoms with E-state index >= 15 is 0 Å². The van der Waals surface area contributed by atoms with Gasteiger partial charge >= 0.3 is 17.9 Å². The van der Waals surface area contributed by atoms with Crippen molar-refractivity contribution >= 4 is 17.9 Å². The van der Waals surface area contributed by atoms with E-state index in [0.717, 1.165) is 154 Å². The lowest BCUT2D eigenvalue weighted by molar-refractivity contribution is -0.166. The van der Waals surface area contributed by atoms with E-state index in [1.807, 2.05) is 6.08 Å².